The van der Waals surface area contributed by atoms with E-state index in [0.29, 0.717) is 12.3 Å². The van der Waals surface area contributed by atoms with Crippen LogP contribution in [-0.2, 0) is 11.2 Å². The van der Waals surface area contributed by atoms with Gasteiger partial charge in [0.1, 0.15) is 6.29 Å². The van der Waals surface area contributed by atoms with E-state index in [1.165, 1.54) is 16.8 Å². The van der Waals surface area contributed by atoms with Crippen molar-refractivity contribution in [3.05, 3.63) is 29.3 Å². The summed E-state index contributed by atoms with van der Waals surface area (Å²) in [5, 5.41) is 0. The molecule has 0 saturated carbocycles. The maximum absolute atomic E-state index is 10.6. The molecule has 1 aliphatic rings. The lowest BCUT2D eigenvalue weighted by Crippen LogP contribution is -2.20. The zero-order chi connectivity index (χ0) is 10.8. The fourth-order valence-electron chi connectivity index (χ4n) is 2.53. The number of nitrogens with zero attached hydrogens (tertiary/aromatic N) is 1. The highest BCUT2D eigenvalue weighted by Crippen LogP contribution is 2.38. The van der Waals surface area contributed by atoms with Gasteiger partial charge >= 0.3 is 0 Å². The standard InChI is InChI=1S/C13H17NO/c1-3-14-9-10(2)13-11(7-8-15)5-4-6-12(13)14/h4-6,8,10H,3,7,9H2,1-2H3. The van der Waals surface area contributed by atoms with Crippen molar-refractivity contribution in [1.82, 2.24) is 0 Å². The third kappa shape index (κ3) is 1.65. The molecule has 0 radical (unpaired) electrons. The van der Waals surface area contributed by atoms with E-state index in [9.17, 15) is 4.79 Å². The van der Waals surface area contributed by atoms with Crippen molar-refractivity contribution in [1.29, 1.82) is 0 Å². The van der Waals surface area contributed by atoms with Gasteiger partial charge in [0.2, 0.25) is 0 Å². The summed E-state index contributed by atoms with van der Waals surface area (Å²) in [5.41, 5.74) is 3.90. The number of hydrogen-bond donors (Lipinski definition) is 0. The van der Waals surface area contributed by atoms with Gasteiger partial charge in [-0.05, 0) is 24.1 Å². The molecular weight excluding hydrogens is 186 g/mol. The number of carbonyl (C=O) groups is 1. The molecule has 80 valence electrons. The number of aldehydes is 1. The van der Waals surface area contributed by atoms with Gasteiger partial charge in [-0.25, -0.2) is 0 Å². The topological polar surface area (TPSA) is 20.3 Å². The maximum Gasteiger partial charge on any atom is 0.124 e. The normalized spacial score (nSPS) is 19.1. The summed E-state index contributed by atoms with van der Waals surface area (Å²) in [6.45, 7) is 6.54. The summed E-state index contributed by atoms with van der Waals surface area (Å²) in [5.74, 6) is 0.552. The van der Waals surface area contributed by atoms with E-state index in [2.05, 4.69) is 36.9 Å². The molecule has 0 aromatic heterocycles. The second-order valence-electron chi connectivity index (χ2n) is 4.16. The molecule has 0 bridgehead atoms. The van der Waals surface area contributed by atoms with Crippen LogP contribution in [0.3, 0.4) is 0 Å². The lowest BCUT2D eigenvalue weighted by atomic mass is 9.96. The molecule has 0 amide bonds. The second kappa shape index (κ2) is 4.05. The molecule has 0 N–H and O–H groups in total. The molecule has 1 aromatic carbocycles. The van der Waals surface area contributed by atoms with Crippen molar-refractivity contribution in [3.63, 3.8) is 0 Å². The number of benzene rings is 1. The number of carbonyl (C=O) groups excluding carboxylic acids is 1. The first kappa shape index (κ1) is 10.2. The average Bonchev–Trinajstić information content (AvgIpc) is 2.57. The van der Waals surface area contributed by atoms with Crippen LogP contribution in [0.1, 0.15) is 30.9 Å². The van der Waals surface area contributed by atoms with Gasteiger partial charge in [-0.2, -0.15) is 0 Å². The van der Waals surface area contributed by atoms with Crippen molar-refractivity contribution in [3.8, 4) is 0 Å². The van der Waals surface area contributed by atoms with Crippen LogP contribution >= 0.6 is 0 Å². The van der Waals surface area contributed by atoms with Crippen LogP contribution in [-0.4, -0.2) is 19.4 Å². The first-order valence-electron chi connectivity index (χ1n) is 5.58. The van der Waals surface area contributed by atoms with Gasteiger partial charge < -0.3 is 9.69 Å². The summed E-state index contributed by atoms with van der Waals surface area (Å²) in [4.78, 5) is 13.0. The summed E-state index contributed by atoms with van der Waals surface area (Å²) >= 11 is 0. The number of likely N-dealkylation sites (N-methyl/N-ethyl adjacent to an activating group) is 1. The lowest BCUT2D eigenvalue weighted by molar-refractivity contribution is -0.107. The minimum atomic E-state index is 0.547. The summed E-state index contributed by atoms with van der Waals surface area (Å²) < 4.78 is 0. The molecule has 2 rings (SSSR count). The highest BCUT2D eigenvalue weighted by molar-refractivity contribution is 5.66. The lowest BCUT2D eigenvalue weighted by Gasteiger charge is -2.16. The Hall–Kier alpha value is -1.31. The third-order valence-corrected chi connectivity index (χ3v) is 3.19. The van der Waals surface area contributed by atoms with E-state index in [1.807, 2.05) is 0 Å². The number of fused-ring (bicyclic) bond motifs is 1. The number of rotatable bonds is 3. The molecule has 1 aromatic rings. The molecule has 1 atom stereocenters. The molecule has 0 spiro atoms. The highest BCUT2D eigenvalue weighted by atomic mass is 16.1. The predicted octanol–water partition coefficient (Wildman–Crippen LogP) is 2.37. The Morgan fingerprint density at radius 2 is 2.33 bits per heavy atom. The Morgan fingerprint density at radius 1 is 1.53 bits per heavy atom. The van der Waals surface area contributed by atoms with Crippen molar-refractivity contribution in [2.75, 3.05) is 18.0 Å². The Balaban J connectivity index is 2.46. The quantitative estimate of drug-likeness (QED) is 0.703. The highest BCUT2D eigenvalue weighted by Gasteiger charge is 2.26. The van der Waals surface area contributed by atoms with Crippen LogP contribution in [0.15, 0.2) is 18.2 Å². The van der Waals surface area contributed by atoms with Gasteiger partial charge in [0.15, 0.2) is 0 Å². The van der Waals surface area contributed by atoms with E-state index in [4.69, 9.17) is 0 Å². The van der Waals surface area contributed by atoms with Crippen molar-refractivity contribution < 1.29 is 4.79 Å². The maximum atomic E-state index is 10.6. The van der Waals surface area contributed by atoms with E-state index in [-0.39, 0.29) is 0 Å². The Kier molecular flexibility index (Phi) is 2.76. The zero-order valence-corrected chi connectivity index (χ0v) is 9.36. The minimum absolute atomic E-state index is 0.547. The molecule has 1 heterocycles. The van der Waals surface area contributed by atoms with Crippen LogP contribution in [0.25, 0.3) is 0 Å². The number of anilines is 1. The smallest absolute Gasteiger partial charge is 0.124 e. The largest absolute Gasteiger partial charge is 0.371 e. The predicted molar refractivity (Wildman–Crippen MR) is 62.5 cm³/mol. The fourth-order valence-corrected chi connectivity index (χ4v) is 2.53. The minimum Gasteiger partial charge on any atom is -0.371 e. The van der Waals surface area contributed by atoms with Crippen molar-refractivity contribution in [2.24, 2.45) is 0 Å². The van der Waals surface area contributed by atoms with Crippen molar-refractivity contribution in [2.45, 2.75) is 26.2 Å². The zero-order valence-electron chi connectivity index (χ0n) is 9.36. The molecule has 1 aliphatic heterocycles. The van der Waals surface area contributed by atoms with Crippen molar-refractivity contribution >= 4 is 12.0 Å². The molecule has 0 fully saturated rings. The Labute approximate surface area is 90.9 Å². The molecule has 0 saturated heterocycles. The summed E-state index contributed by atoms with van der Waals surface area (Å²) in [6.07, 6.45) is 1.54. The summed E-state index contributed by atoms with van der Waals surface area (Å²) in [6, 6.07) is 6.29. The van der Waals surface area contributed by atoms with Gasteiger partial charge in [0, 0.05) is 31.1 Å². The van der Waals surface area contributed by atoms with Crippen LogP contribution in [0.4, 0.5) is 5.69 Å². The first-order valence-corrected chi connectivity index (χ1v) is 5.58. The molecule has 1 unspecified atom stereocenters. The first-order chi connectivity index (χ1) is 7.27. The van der Waals surface area contributed by atoms with Gasteiger partial charge in [-0.3, -0.25) is 0 Å². The van der Waals surface area contributed by atoms with Gasteiger partial charge in [0.25, 0.3) is 0 Å². The number of hydrogen-bond acceptors (Lipinski definition) is 2. The average molecular weight is 203 g/mol. The SMILES string of the molecule is CCN1CC(C)c2c(CC=O)cccc21. The molecule has 0 aliphatic carbocycles. The Bertz CT molecular complexity index is 373. The van der Waals surface area contributed by atoms with Crippen LogP contribution < -0.4 is 4.90 Å². The van der Waals surface area contributed by atoms with E-state index < -0.39 is 0 Å². The molecule has 15 heavy (non-hydrogen) atoms. The van der Waals surface area contributed by atoms with Gasteiger partial charge in [0.05, 0.1) is 0 Å². The summed E-state index contributed by atoms with van der Waals surface area (Å²) in [7, 11) is 0. The monoisotopic (exact) mass is 203 g/mol. The Morgan fingerprint density at radius 3 is 3.00 bits per heavy atom. The van der Waals surface area contributed by atoms with Gasteiger partial charge in [-0.15, -0.1) is 0 Å². The van der Waals surface area contributed by atoms with E-state index in [0.717, 1.165) is 19.4 Å². The van der Waals surface area contributed by atoms with E-state index >= 15 is 0 Å². The fraction of sp³-hybridized carbons (Fsp3) is 0.462. The van der Waals surface area contributed by atoms with Crippen LogP contribution in [0, 0.1) is 0 Å². The molecule has 2 nitrogen and oxygen atoms in total. The molecule has 2 heteroatoms. The van der Waals surface area contributed by atoms with E-state index in [1.54, 1.807) is 0 Å². The third-order valence-electron chi connectivity index (χ3n) is 3.19. The van der Waals surface area contributed by atoms with Crippen LogP contribution in [0.5, 0.6) is 0 Å². The van der Waals surface area contributed by atoms with Crippen LogP contribution in [0.2, 0.25) is 0 Å². The van der Waals surface area contributed by atoms with Gasteiger partial charge in [-0.1, -0.05) is 19.1 Å². The second-order valence-corrected chi connectivity index (χ2v) is 4.16. The molecular formula is C13H17NO.